The molecule has 2 aliphatic rings. The molecular weight excluding hydrogens is 286 g/mol. The molecule has 0 aromatic carbocycles. The minimum Gasteiger partial charge on any atom is -0.481 e. The Bertz CT molecular complexity index is 506. The number of piperidine rings is 1. The second-order valence-electron chi connectivity index (χ2n) is 5.12. The third-order valence-electron chi connectivity index (χ3n) is 3.80. The number of aliphatic carboxylic acids is 1. The van der Waals surface area contributed by atoms with Crippen LogP contribution in [0.15, 0.2) is 0 Å². The molecule has 20 heavy (non-hydrogen) atoms. The maximum atomic E-state index is 12.5. The lowest BCUT2D eigenvalue weighted by Crippen LogP contribution is -2.60. The number of carboxylic acids is 1. The summed E-state index contributed by atoms with van der Waals surface area (Å²) < 4.78 is 27.4. The van der Waals surface area contributed by atoms with Gasteiger partial charge < -0.3 is 10.4 Å². The Labute approximate surface area is 117 Å². The molecule has 2 atom stereocenters. The maximum absolute atomic E-state index is 12.5. The molecule has 1 amide bonds. The number of hydrogen-bond donors (Lipinski definition) is 2. The van der Waals surface area contributed by atoms with Crippen LogP contribution < -0.4 is 5.32 Å². The second-order valence-corrected chi connectivity index (χ2v) is 7.00. The molecule has 8 nitrogen and oxygen atoms in total. The summed E-state index contributed by atoms with van der Waals surface area (Å²) in [6, 6.07) is -0.765. The first-order valence-corrected chi connectivity index (χ1v) is 8.01. The Morgan fingerprint density at radius 3 is 2.75 bits per heavy atom. The molecule has 0 aromatic heterocycles. The van der Waals surface area contributed by atoms with Crippen LogP contribution in [0, 0.1) is 5.92 Å². The van der Waals surface area contributed by atoms with Crippen molar-refractivity contribution in [3.05, 3.63) is 0 Å². The van der Waals surface area contributed by atoms with Crippen molar-refractivity contribution < 1.29 is 23.1 Å². The summed E-state index contributed by atoms with van der Waals surface area (Å²) in [5.41, 5.74) is 0. The van der Waals surface area contributed by atoms with E-state index in [1.165, 1.54) is 11.2 Å². The van der Waals surface area contributed by atoms with Crippen molar-refractivity contribution in [3.63, 3.8) is 0 Å². The zero-order valence-electron chi connectivity index (χ0n) is 11.3. The van der Waals surface area contributed by atoms with Crippen molar-refractivity contribution in [3.8, 4) is 0 Å². The van der Waals surface area contributed by atoms with Crippen LogP contribution in [0.3, 0.4) is 0 Å². The summed E-state index contributed by atoms with van der Waals surface area (Å²) in [5, 5.41) is 11.6. The molecule has 2 heterocycles. The van der Waals surface area contributed by atoms with E-state index in [-0.39, 0.29) is 25.5 Å². The van der Waals surface area contributed by atoms with Crippen LogP contribution in [0.4, 0.5) is 0 Å². The predicted molar refractivity (Wildman–Crippen MR) is 70.0 cm³/mol. The average molecular weight is 305 g/mol. The fourth-order valence-electron chi connectivity index (χ4n) is 2.58. The van der Waals surface area contributed by atoms with Crippen LogP contribution in [-0.2, 0) is 19.8 Å². The molecule has 2 fully saturated rings. The fraction of sp³-hybridized carbons (Fsp3) is 0.818. The van der Waals surface area contributed by atoms with E-state index in [0.717, 1.165) is 4.31 Å². The highest BCUT2D eigenvalue weighted by Gasteiger charge is 2.40. The topological polar surface area (TPSA) is 107 Å². The molecule has 0 aliphatic carbocycles. The Kier molecular flexibility index (Phi) is 4.31. The minimum absolute atomic E-state index is 0.0253. The minimum atomic E-state index is -3.79. The Morgan fingerprint density at radius 2 is 2.10 bits per heavy atom. The number of nitrogens with one attached hydrogen (secondary N) is 1. The van der Waals surface area contributed by atoms with E-state index in [1.807, 2.05) is 0 Å². The van der Waals surface area contributed by atoms with Crippen LogP contribution in [0.1, 0.15) is 19.8 Å². The highest BCUT2D eigenvalue weighted by atomic mass is 32.2. The van der Waals surface area contributed by atoms with Gasteiger partial charge in [0.2, 0.25) is 5.91 Å². The fourth-order valence-corrected chi connectivity index (χ4v) is 4.42. The number of carbonyl (C=O) groups excluding carboxylic acids is 1. The summed E-state index contributed by atoms with van der Waals surface area (Å²) >= 11 is 0. The van der Waals surface area contributed by atoms with Gasteiger partial charge in [-0.2, -0.15) is 17.0 Å². The smallest absolute Gasteiger partial charge is 0.307 e. The van der Waals surface area contributed by atoms with Gasteiger partial charge in [0.15, 0.2) is 0 Å². The maximum Gasteiger partial charge on any atom is 0.307 e. The lowest BCUT2D eigenvalue weighted by molar-refractivity contribution is -0.143. The zero-order chi connectivity index (χ0) is 14.9. The summed E-state index contributed by atoms with van der Waals surface area (Å²) in [6.45, 7) is 2.30. The van der Waals surface area contributed by atoms with E-state index in [1.54, 1.807) is 0 Å². The molecule has 0 radical (unpaired) electrons. The van der Waals surface area contributed by atoms with E-state index in [4.69, 9.17) is 5.11 Å². The van der Waals surface area contributed by atoms with Gasteiger partial charge >= 0.3 is 5.97 Å². The largest absolute Gasteiger partial charge is 0.481 e. The molecule has 2 N–H and O–H groups in total. The molecule has 0 aromatic rings. The average Bonchev–Trinajstić information content (AvgIpc) is 2.41. The molecule has 0 spiro atoms. The van der Waals surface area contributed by atoms with Crippen molar-refractivity contribution in [2.45, 2.75) is 25.8 Å². The highest BCUT2D eigenvalue weighted by molar-refractivity contribution is 7.86. The Hall–Kier alpha value is -1.19. The van der Waals surface area contributed by atoms with Crippen molar-refractivity contribution in [2.75, 3.05) is 26.2 Å². The van der Waals surface area contributed by atoms with Crippen molar-refractivity contribution in [1.29, 1.82) is 0 Å². The Balaban J connectivity index is 2.17. The van der Waals surface area contributed by atoms with Gasteiger partial charge in [-0.1, -0.05) is 0 Å². The first-order chi connectivity index (χ1) is 9.34. The molecule has 0 saturated carbocycles. The summed E-state index contributed by atoms with van der Waals surface area (Å²) in [5.74, 6) is -1.98. The molecule has 2 unspecified atom stereocenters. The van der Waals surface area contributed by atoms with Gasteiger partial charge in [-0.3, -0.25) is 9.59 Å². The molecular formula is C11H19N3O5S. The number of carbonyl (C=O) groups is 2. The van der Waals surface area contributed by atoms with E-state index >= 15 is 0 Å². The monoisotopic (exact) mass is 305 g/mol. The number of carboxylic acid groups (broad SMARTS) is 1. The van der Waals surface area contributed by atoms with Gasteiger partial charge in [-0.15, -0.1) is 0 Å². The molecule has 9 heteroatoms. The quantitative estimate of drug-likeness (QED) is 0.684. The summed E-state index contributed by atoms with van der Waals surface area (Å²) in [7, 11) is -3.79. The van der Waals surface area contributed by atoms with Crippen LogP contribution in [-0.4, -0.2) is 66.2 Å². The van der Waals surface area contributed by atoms with Crippen LogP contribution >= 0.6 is 0 Å². The van der Waals surface area contributed by atoms with Crippen LogP contribution in [0.5, 0.6) is 0 Å². The lowest BCUT2D eigenvalue weighted by Gasteiger charge is -2.38. The number of rotatable bonds is 3. The number of piperazine rings is 1. The van der Waals surface area contributed by atoms with E-state index < -0.39 is 28.1 Å². The van der Waals surface area contributed by atoms with Gasteiger partial charge in [0.25, 0.3) is 10.2 Å². The van der Waals surface area contributed by atoms with Gasteiger partial charge in [-0.25, -0.2) is 0 Å². The predicted octanol–water partition coefficient (Wildman–Crippen LogP) is -1.15. The van der Waals surface area contributed by atoms with E-state index in [9.17, 15) is 18.0 Å². The molecule has 2 rings (SSSR count). The van der Waals surface area contributed by atoms with Crippen molar-refractivity contribution in [2.24, 2.45) is 5.92 Å². The number of amides is 1. The van der Waals surface area contributed by atoms with Gasteiger partial charge in [0, 0.05) is 26.2 Å². The third kappa shape index (κ3) is 2.79. The molecule has 2 aliphatic heterocycles. The number of nitrogens with zero attached hydrogens (tertiary/aromatic N) is 2. The SMILES string of the molecule is CC1C(=O)NCCN1S(=O)(=O)N1CCCC(C(=O)O)C1. The highest BCUT2D eigenvalue weighted by Crippen LogP contribution is 2.23. The summed E-state index contributed by atoms with van der Waals surface area (Å²) in [4.78, 5) is 22.6. The molecule has 114 valence electrons. The van der Waals surface area contributed by atoms with Gasteiger partial charge in [0.05, 0.1) is 5.92 Å². The van der Waals surface area contributed by atoms with E-state index in [0.29, 0.717) is 19.4 Å². The first kappa shape index (κ1) is 15.2. The molecule has 2 saturated heterocycles. The lowest BCUT2D eigenvalue weighted by atomic mass is 10.0. The molecule has 0 bridgehead atoms. The Morgan fingerprint density at radius 1 is 1.40 bits per heavy atom. The van der Waals surface area contributed by atoms with Crippen molar-refractivity contribution >= 4 is 22.1 Å². The van der Waals surface area contributed by atoms with Gasteiger partial charge in [0.1, 0.15) is 6.04 Å². The standard InChI is InChI=1S/C11H19N3O5S/c1-8-10(15)12-4-6-14(8)20(18,19)13-5-2-3-9(7-13)11(16)17/h8-9H,2-7H2,1H3,(H,12,15)(H,16,17). The number of hydrogen-bond acceptors (Lipinski definition) is 4. The second kappa shape index (κ2) is 5.66. The van der Waals surface area contributed by atoms with E-state index in [2.05, 4.69) is 5.32 Å². The summed E-state index contributed by atoms with van der Waals surface area (Å²) in [6.07, 6.45) is 1.00. The van der Waals surface area contributed by atoms with Crippen molar-refractivity contribution in [1.82, 2.24) is 13.9 Å². The first-order valence-electron chi connectivity index (χ1n) is 6.61. The van der Waals surface area contributed by atoms with Gasteiger partial charge in [-0.05, 0) is 19.8 Å². The van der Waals surface area contributed by atoms with Crippen LogP contribution in [0.2, 0.25) is 0 Å². The zero-order valence-corrected chi connectivity index (χ0v) is 12.1. The van der Waals surface area contributed by atoms with Crippen LogP contribution in [0.25, 0.3) is 0 Å². The normalized spacial score (nSPS) is 29.9. The third-order valence-corrected chi connectivity index (χ3v) is 5.87.